The van der Waals surface area contributed by atoms with Crippen LogP contribution in [0.1, 0.15) is 5.82 Å². The summed E-state index contributed by atoms with van der Waals surface area (Å²) in [6.07, 6.45) is -0.502. The Morgan fingerprint density at radius 1 is 1.08 bits per heavy atom. The van der Waals surface area contributed by atoms with Crippen LogP contribution in [0.25, 0.3) is 11.4 Å². The van der Waals surface area contributed by atoms with E-state index in [9.17, 15) is 4.79 Å². The van der Waals surface area contributed by atoms with Gasteiger partial charge in [-0.15, -0.1) is 10.2 Å². The van der Waals surface area contributed by atoms with Crippen LogP contribution in [0.15, 0.2) is 54.6 Å². The van der Waals surface area contributed by atoms with E-state index in [4.69, 9.17) is 0 Å². The summed E-state index contributed by atoms with van der Waals surface area (Å²) in [5.41, 5.74) is 2.53. The second kappa shape index (κ2) is 7.48. The van der Waals surface area contributed by atoms with Crippen molar-refractivity contribution in [2.45, 2.75) is 6.54 Å². The van der Waals surface area contributed by atoms with Crippen LogP contribution >= 0.6 is 0 Å². The molecule has 0 saturated carbocycles. The molecule has 25 heavy (non-hydrogen) atoms. The fourth-order valence-electron chi connectivity index (χ4n) is 2.41. The number of nitrogens with one attached hydrogen (secondary N) is 2. The molecule has 0 saturated heterocycles. The molecule has 0 fully saturated rings. The fraction of sp³-hybridized carbons (Fsp3) is 0.167. The monoisotopic (exact) mass is 337 g/mol. The van der Waals surface area contributed by atoms with E-state index in [1.54, 1.807) is 6.07 Å². The molecule has 2 aromatic carbocycles. The van der Waals surface area contributed by atoms with Crippen molar-refractivity contribution in [1.82, 2.24) is 14.8 Å². The Kier molecular flexibility index (Phi) is 4.94. The molecule has 0 aliphatic heterocycles. The Morgan fingerprint density at radius 2 is 1.84 bits per heavy atom. The summed E-state index contributed by atoms with van der Waals surface area (Å²) in [4.78, 5) is 11.3. The van der Waals surface area contributed by atoms with Gasteiger partial charge in [-0.1, -0.05) is 36.4 Å². The van der Waals surface area contributed by atoms with Crippen LogP contribution in [0.3, 0.4) is 0 Å². The largest absolute Gasteiger partial charge is 0.453 e. The Morgan fingerprint density at radius 3 is 2.60 bits per heavy atom. The molecule has 0 bridgehead atoms. The maximum Gasteiger partial charge on any atom is 0.411 e. The second-order valence-electron chi connectivity index (χ2n) is 5.42. The minimum Gasteiger partial charge on any atom is -0.453 e. The van der Waals surface area contributed by atoms with E-state index >= 15 is 0 Å². The molecule has 1 aromatic heterocycles. The molecule has 1 amide bonds. The number of carbonyl (C=O) groups excluding carboxylic acids is 1. The highest BCUT2D eigenvalue weighted by atomic mass is 16.5. The molecule has 0 aliphatic rings. The number of aromatic nitrogens is 3. The summed E-state index contributed by atoms with van der Waals surface area (Å²) in [6.45, 7) is 0.512. The highest BCUT2D eigenvalue weighted by Crippen LogP contribution is 2.19. The summed E-state index contributed by atoms with van der Waals surface area (Å²) in [6, 6.07) is 17.3. The molecule has 3 rings (SSSR count). The third-order valence-corrected chi connectivity index (χ3v) is 3.74. The van der Waals surface area contributed by atoms with E-state index in [0.29, 0.717) is 12.2 Å². The highest BCUT2D eigenvalue weighted by molar-refractivity contribution is 5.85. The minimum atomic E-state index is -0.502. The summed E-state index contributed by atoms with van der Waals surface area (Å²) in [7, 11) is 3.27. The van der Waals surface area contributed by atoms with E-state index in [1.165, 1.54) is 7.11 Å². The lowest BCUT2D eigenvalue weighted by Crippen LogP contribution is -2.11. The highest BCUT2D eigenvalue weighted by Gasteiger charge is 2.10. The van der Waals surface area contributed by atoms with Crippen molar-refractivity contribution in [2.75, 3.05) is 17.7 Å². The first kappa shape index (κ1) is 16.5. The molecule has 0 aliphatic carbocycles. The fourth-order valence-corrected chi connectivity index (χ4v) is 2.41. The third kappa shape index (κ3) is 3.95. The first-order valence-corrected chi connectivity index (χ1v) is 7.80. The minimum absolute atomic E-state index is 0.502. The maximum atomic E-state index is 11.3. The van der Waals surface area contributed by atoms with Gasteiger partial charge >= 0.3 is 6.09 Å². The third-order valence-electron chi connectivity index (χ3n) is 3.74. The Bertz CT molecular complexity index is 861. The SMILES string of the molecule is COC(=O)Nc1cccc(NCc2nnc(-c3ccccc3)n2C)c1. The van der Waals surface area contributed by atoms with Gasteiger partial charge in [0.2, 0.25) is 0 Å². The van der Waals surface area contributed by atoms with E-state index in [2.05, 4.69) is 25.6 Å². The zero-order valence-electron chi connectivity index (χ0n) is 14.1. The van der Waals surface area contributed by atoms with Crippen molar-refractivity contribution in [3.8, 4) is 11.4 Å². The Labute approximate surface area is 145 Å². The molecule has 0 radical (unpaired) electrons. The Balaban J connectivity index is 1.69. The van der Waals surface area contributed by atoms with E-state index in [0.717, 1.165) is 22.9 Å². The first-order chi connectivity index (χ1) is 12.2. The molecule has 1 heterocycles. The molecular formula is C18H19N5O2. The second-order valence-corrected chi connectivity index (χ2v) is 5.42. The molecule has 128 valence electrons. The Hall–Kier alpha value is -3.35. The molecule has 7 heteroatoms. The number of ether oxygens (including phenoxy) is 1. The van der Waals surface area contributed by atoms with Crippen LogP contribution in [0.2, 0.25) is 0 Å². The molecule has 0 spiro atoms. The van der Waals surface area contributed by atoms with Crippen LogP contribution in [-0.2, 0) is 18.3 Å². The van der Waals surface area contributed by atoms with Gasteiger partial charge in [-0.3, -0.25) is 5.32 Å². The van der Waals surface area contributed by atoms with Crippen LogP contribution in [0, 0.1) is 0 Å². The standard InChI is InChI=1S/C18H19N5O2/c1-23-16(21-22-17(23)13-7-4-3-5-8-13)12-19-14-9-6-10-15(11-14)20-18(24)25-2/h3-11,19H,12H2,1-2H3,(H,20,24). The number of hydrogen-bond acceptors (Lipinski definition) is 5. The molecule has 2 N–H and O–H groups in total. The van der Waals surface area contributed by atoms with Crippen LogP contribution < -0.4 is 10.6 Å². The van der Waals surface area contributed by atoms with Crippen molar-refractivity contribution >= 4 is 17.5 Å². The summed E-state index contributed by atoms with van der Waals surface area (Å²) in [5.74, 6) is 1.63. The van der Waals surface area contributed by atoms with Gasteiger partial charge in [0.1, 0.15) is 0 Å². The quantitative estimate of drug-likeness (QED) is 0.747. The zero-order valence-corrected chi connectivity index (χ0v) is 14.1. The summed E-state index contributed by atoms with van der Waals surface area (Å²) >= 11 is 0. The summed E-state index contributed by atoms with van der Waals surface area (Å²) in [5, 5.41) is 14.4. The number of nitrogens with zero attached hydrogens (tertiary/aromatic N) is 3. The van der Waals surface area contributed by atoms with E-state index < -0.39 is 6.09 Å². The van der Waals surface area contributed by atoms with Crippen LogP contribution in [0.5, 0.6) is 0 Å². The first-order valence-electron chi connectivity index (χ1n) is 7.80. The van der Waals surface area contributed by atoms with Gasteiger partial charge < -0.3 is 14.6 Å². The van der Waals surface area contributed by atoms with Gasteiger partial charge in [0.15, 0.2) is 11.6 Å². The van der Waals surface area contributed by atoms with Crippen molar-refractivity contribution in [3.05, 3.63) is 60.4 Å². The number of benzene rings is 2. The zero-order chi connectivity index (χ0) is 17.6. The number of hydrogen-bond donors (Lipinski definition) is 2. The lowest BCUT2D eigenvalue weighted by molar-refractivity contribution is 0.187. The van der Waals surface area contributed by atoms with Gasteiger partial charge in [0.05, 0.1) is 13.7 Å². The van der Waals surface area contributed by atoms with Crippen molar-refractivity contribution < 1.29 is 9.53 Å². The predicted octanol–water partition coefficient (Wildman–Crippen LogP) is 3.27. The van der Waals surface area contributed by atoms with Gasteiger partial charge in [-0.25, -0.2) is 4.79 Å². The predicted molar refractivity (Wildman–Crippen MR) is 96.2 cm³/mol. The molecule has 7 nitrogen and oxygen atoms in total. The number of rotatable bonds is 5. The van der Waals surface area contributed by atoms with Gasteiger partial charge in [-0.2, -0.15) is 0 Å². The van der Waals surface area contributed by atoms with Crippen molar-refractivity contribution in [1.29, 1.82) is 0 Å². The van der Waals surface area contributed by atoms with Crippen LogP contribution in [-0.4, -0.2) is 28.0 Å². The average Bonchev–Trinajstić information content (AvgIpc) is 3.01. The van der Waals surface area contributed by atoms with Crippen molar-refractivity contribution in [3.63, 3.8) is 0 Å². The number of amides is 1. The van der Waals surface area contributed by atoms with Gasteiger partial charge in [0, 0.05) is 24.0 Å². The van der Waals surface area contributed by atoms with Crippen molar-refractivity contribution in [2.24, 2.45) is 7.05 Å². The molecular weight excluding hydrogens is 318 g/mol. The topological polar surface area (TPSA) is 81.1 Å². The van der Waals surface area contributed by atoms with Gasteiger partial charge in [0.25, 0.3) is 0 Å². The lowest BCUT2D eigenvalue weighted by atomic mass is 10.2. The molecule has 0 unspecified atom stereocenters. The van der Waals surface area contributed by atoms with Gasteiger partial charge in [-0.05, 0) is 18.2 Å². The smallest absolute Gasteiger partial charge is 0.411 e. The van der Waals surface area contributed by atoms with Crippen LogP contribution in [0.4, 0.5) is 16.2 Å². The number of carbonyl (C=O) groups is 1. The lowest BCUT2D eigenvalue weighted by Gasteiger charge is -2.09. The average molecular weight is 337 g/mol. The van der Waals surface area contributed by atoms with E-state index in [1.807, 2.05) is 60.1 Å². The molecule has 3 aromatic rings. The number of methoxy groups -OCH3 is 1. The molecule has 0 atom stereocenters. The maximum absolute atomic E-state index is 11.3. The normalized spacial score (nSPS) is 10.3. The van der Waals surface area contributed by atoms with E-state index in [-0.39, 0.29) is 0 Å². The number of anilines is 2. The summed E-state index contributed by atoms with van der Waals surface area (Å²) < 4.78 is 6.55.